The van der Waals surface area contributed by atoms with Gasteiger partial charge in [0.1, 0.15) is 0 Å². The molecule has 1 atom stereocenters. The topological polar surface area (TPSA) is 56.8 Å². The molecule has 3 aromatic rings. The number of benzene rings is 2. The summed E-state index contributed by atoms with van der Waals surface area (Å²) in [5.74, 6) is 0.294. The number of amides is 2. The Hall–Kier alpha value is -2.77. The van der Waals surface area contributed by atoms with E-state index in [1.165, 1.54) is 0 Å². The molecule has 180 valence electrons. The number of para-hydroxylation sites is 1. The minimum atomic E-state index is -0.700. The lowest BCUT2D eigenvalue weighted by Crippen LogP contribution is -2.55. The van der Waals surface area contributed by atoms with Gasteiger partial charge in [-0.25, -0.2) is 4.98 Å². The van der Waals surface area contributed by atoms with Gasteiger partial charge in [-0.05, 0) is 38.5 Å². The van der Waals surface area contributed by atoms with E-state index >= 15 is 0 Å². The van der Waals surface area contributed by atoms with Crippen molar-refractivity contribution in [3.8, 4) is 0 Å². The molecule has 0 bridgehead atoms. The van der Waals surface area contributed by atoms with Crippen LogP contribution in [-0.4, -0.2) is 77.3 Å². The highest BCUT2D eigenvalue weighted by Crippen LogP contribution is 2.34. The fourth-order valence-corrected chi connectivity index (χ4v) is 5.85. The van der Waals surface area contributed by atoms with Gasteiger partial charge in [0.05, 0.1) is 27.2 Å². The van der Waals surface area contributed by atoms with Crippen LogP contribution >= 0.6 is 11.3 Å². The van der Waals surface area contributed by atoms with Crippen molar-refractivity contribution in [2.24, 2.45) is 0 Å². The number of carbonyl (C=O) groups is 2. The average molecular weight is 479 g/mol. The third kappa shape index (κ3) is 5.15. The summed E-state index contributed by atoms with van der Waals surface area (Å²) >= 11 is 1.66. The first kappa shape index (κ1) is 24.4. The standard InChI is InChI=1S/C27H34N4O2S/c1-4-30(5-2)25(32)20-29-15-17-31(18-16-29)26(33)27(3,21-11-7-6-8-12-21)19-24-28-22-13-9-10-14-23(22)34-24/h6-14H,4-5,15-20H2,1-3H3. The van der Waals surface area contributed by atoms with Crippen molar-refractivity contribution in [1.82, 2.24) is 19.7 Å². The first-order chi connectivity index (χ1) is 16.4. The Balaban J connectivity index is 1.50. The molecule has 0 aliphatic carbocycles. The molecule has 34 heavy (non-hydrogen) atoms. The van der Waals surface area contributed by atoms with Crippen LogP contribution in [0.5, 0.6) is 0 Å². The zero-order chi connectivity index (χ0) is 24.1. The van der Waals surface area contributed by atoms with E-state index in [-0.39, 0.29) is 11.8 Å². The van der Waals surface area contributed by atoms with E-state index in [2.05, 4.69) is 11.0 Å². The Morgan fingerprint density at radius 2 is 1.62 bits per heavy atom. The van der Waals surface area contributed by atoms with Gasteiger partial charge in [0.2, 0.25) is 11.8 Å². The summed E-state index contributed by atoms with van der Waals surface area (Å²) in [6.45, 7) is 10.6. The number of fused-ring (bicyclic) bond motifs is 1. The van der Waals surface area contributed by atoms with Gasteiger partial charge in [-0.15, -0.1) is 11.3 Å². The van der Waals surface area contributed by atoms with E-state index in [4.69, 9.17) is 4.98 Å². The van der Waals surface area contributed by atoms with Crippen molar-refractivity contribution in [2.45, 2.75) is 32.6 Å². The minimum absolute atomic E-state index is 0.132. The maximum Gasteiger partial charge on any atom is 0.236 e. The Bertz CT molecular complexity index is 1090. The summed E-state index contributed by atoms with van der Waals surface area (Å²) in [6, 6.07) is 18.2. The summed E-state index contributed by atoms with van der Waals surface area (Å²) in [7, 11) is 0. The monoisotopic (exact) mass is 478 g/mol. The van der Waals surface area contributed by atoms with Crippen LogP contribution in [0.3, 0.4) is 0 Å². The Kier molecular flexibility index (Phi) is 7.63. The smallest absolute Gasteiger partial charge is 0.236 e. The van der Waals surface area contributed by atoms with E-state index in [9.17, 15) is 9.59 Å². The van der Waals surface area contributed by atoms with Gasteiger partial charge in [0.15, 0.2) is 0 Å². The van der Waals surface area contributed by atoms with Crippen LogP contribution in [0.1, 0.15) is 31.3 Å². The number of nitrogens with zero attached hydrogens (tertiary/aromatic N) is 4. The quantitative estimate of drug-likeness (QED) is 0.494. The van der Waals surface area contributed by atoms with Crippen LogP contribution < -0.4 is 0 Å². The molecule has 4 rings (SSSR count). The molecular weight excluding hydrogens is 444 g/mol. The molecule has 0 N–H and O–H groups in total. The highest BCUT2D eigenvalue weighted by atomic mass is 32.1. The lowest BCUT2D eigenvalue weighted by molar-refractivity contribution is -0.139. The second-order valence-electron chi connectivity index (χ2n) is 9.08. The molecule has 2 aromatic carbocycles. The maximum atomic E-state index is 14.0. The molecule has 0 spiro atoms. The molecule has 1 unspecified atom stereocenters. The van der Waals surface area contributed by atoms with Crippen LogP contribution in [0.15, 0.2) is 54.6 Å². The highest BCUT2D eigenvalue weighted by molar-refractivity contribution is 7.18. The molecule has 0 radical (unpaired) electrons. The first-order valence-corrected chi connectivity index (χ1v) is 13.0. The van der Waals surface area contributed by atoms with Crippen molar-refractivity contribution in [1.29, 1.82) is 0 Å². The van der Waals surface area contributed by atoms with Gasteiger partial charge in [0, 0.05) is 45.7 Å². The second kappa shape index (κ2) is 10.7. The normalized spacial score (nSPS) is 16.4. The Labute approximate surface area is 206 Å². The predicted molar refractivity (Wildman–Crippen MR) is 138 cm³/mol. The number of carbonyl (C=O) groups excluding carboxylic acids is 2. The third-order valence-electron chi connectivity index (χ3n) is 6.86. The summed E-state index contributed by atoms with van der Waals surface area (Å²) in [5.41, 5.74) is 1.30. The number of hydrogen-bond donors (Lipinski definition) is 0. The number of piperazine rings is 1. The summed E-state index contributed by atoms with van der Waals surface area (Å²) < 4.78 is 1.15. The summed E-state index contributed by atoms with van der Waals surface area (Å²) in [5, 5.41) is 0.976. The highest BCUT2D eigenvalue weighted by Gasteiger charge is 2.40. The van der Waals surface area contributed by atoms with Crippen molar-refractivity contribution in [2.75, 3.05) is 45.8 Å². The van der Waals surface area contributed by atoms with Gasteiger partial charge in [-0.2, -0.15) is 0 Å². The summed E-state index contributed by atoms with van der Waals surface area (Å²) in [4.78, 5) is 37.3. The minimum Gasteiger partial charge on any atom is -0.342 e. The van der Waals surface area contributed by atoms with E-state index in [0.29, 0.717) is 39.1 Å². The molecular formula is C27H34N4O2S. The summed E-state index contributed by atoms with van der Waals surface area (Å²) in [6.07, 6.45) is 0.565. The third-order valence-corrected chi connectivity index (χ3v) is 7.90. The zero-order valence-corrected chi connectivity index (χ0v) is 21.2. The Morgan fingerprint density at radius 1 is 0.971 bits per heavy atom. The maximum absolute atomic E-state index is 14.0. The number of aromatic nitrogens is 1. The molecule has 2 heterocycles. The lowest BCUT2D eigenvalue weighted by atomic mass is 9.78. The molecule has 1 aliphatic heterocycles. The molecule has 7 heteroatoms. The van der Waals surface area contributed by atoms with Crippen molar-refractivity contribution in [3.63, 3.8) is 0 Å². The Morgan fingerprint density at radius 3 is 2.26 bits per heavy atom. The zero-order valence-electron chi connectivity index (χ0n) is 20.4. The lowest BCUT2D eigenvalue weighted by Gasteiger charge is -2.40. The average Bonchev–Trinajstić information content (AvgIpc) is 3.27. The number of likely N-dealkylation sites (N-methyl/N-ethyl adjacent to an activating group) is 1. The largest absolute Gasteiger partial charge is 0.342 e. The predicted octanol–water partition coefficient (Wildman–Crippen LogP) is 3.81. The van der Waals surface area contributed by atoms with Crippen LogP contribution in [-0.2, 0) is 21.4 Å². The SMILES string of the molecule is CCN(CC)C(=O)CN1CCN(C(=O)C(C)(Cc2nc3ccccc3s2)c2ccccc2)CC1. The molecule has 1 aromatic heterocycles. The van der Waals surface area contributed by atoms with Gasteiger partial charge in [0.25, 0.3) is 0 Å². The van der Waals surface area contributed by atoms with Gasteiger partial charge in [-0.1, -0.05) is 42.5 Å². The molecule has 2 amide bonds. The van der Waals surface area contributed by atoms with Crippen LogP contribution in [0, 0.1) is 0 Å². The van der Waals surface area contributed by atoms with Gasteiger partial charge >= 0.3 is 0 Å². The molecule has 6 nitrogen and oxygen atoms in total. The van der Waals surface area contributed by atoms with E-state index < -0.39 is 5.41 Å². The van der Waals surface area contributed by atoms with Crippen LogP contribution in [0.4, 0.5) is 0 Å². The molecule has 1 fully saturated rings. The molecule has 0 saturated carbocycles. The van der Waals surface area contributed by atoms with Gasteiger partial charge < -0.3 is 9.80 Å². The van der Waals surface area contributed by atoms with Crippen molar-refractivity contribution >= 4 is 33.4 Å². The van der Waals surface area contributed by atoms with E-state index in [1.54, 1.807) is 11.3 Å². The van der Waals surface area contributed by atoms with Crippen molar-refractivity contribution < 1.29 is 9.59 Å². The van der Waals surface area contributed by atoms with Crippen LogP contribution in [0.2, 0.25) is 0 Å². The van der Waals surface area contributed by atoms with Gasteiger partial charge in [-0.3, -0.25) is 14.5 Å². The van der Waals surface area contributed by atoms with Crippen molar-refractivity contribution in [3.05, 3.63) is 65.2 Å². The number of thiazole rings is 1. The van der Waals surface area contributed by atoms with E-state index in [1.807, 2.05) is 79.1 Å². The molecule has 1 saturated heterocycles. The van der Waals surface area contributed by atoms with E-state index in [0.717, 1.165) is 33.9 Å². The molecule has 1 aliphatic rings. The second-order valence-corrected chi connectivity index (χ2v) is 10.2. The number of hydrogen-bond acceptors (Lipinski definition) is 5. The van der Waals surface area contributed by atoms with Crippen LogP contribution in [0.25, 0.3) is 10.2 Å². The fraction of sp³-hybridized carbons (Fsp3) is 0.444. The first-order valence-electron chi connectivity index (χ1n) is 12.1. The fourth-order valence-electron chi connectivity index (χ4n) is 4.73. The number of rotatable bonds is 8.